The maximum absolute atomic E-state index is 11.9. The Kier molecular flexibility index (Phi) is 2.53. The van der Waals surface area contributed by atoms with Crippen molar-refractivity contribution in [3.05, 3.63) is 47.2 Å². The van der Waals surface area contributed by atoms with E-state index in [9.17, 15) is 14.4 Å². The summed E-state index contributed by atoms with van der Waals surface area (Å²) in [5.74, 6) is -1.45. The summed E-state index contributed by atoms with van der Waals surface area (Å²) in [4.78, 5) is 35.1. The van der Waals surface area contributed by atoms with E-state index in [4.69, 9.17) is 10.2 Å². The van der Waals surface area contributed by atoms with Gasteiger partial charge < -0.3 is 15.5 Å². The van der Waals surface area contributed by atoms with Crippen molar-refractivity contribution in [2.24, 2.45) is 0 Å². The number of carbonyl (C=O) groups is 3. The number of carbonyl (C=O) groups excluding carboxylic acids is 3. The van der Waals surface area contributed by atoms with Crippen molar-refractivity contribution < 1.29 is 18.8 Å². The fourth-order valence-corrected chi connectivity index (χ4v) is 1.98. The number of hydrogen-bond donors (Lipinski definition) is 3. The smallest absolute Gasteiger partial charge is 0.291 e. The number of nitrogen functional groups attached to an aromatic ring is 1. The number of imide groups is 1. The van der Waals surface area contributed by atoms with E-state index >= 15 is 0 Å². The summed E-state index contributed by atoms with van der Waals surface area (Å²) in [7, 11) is 0. The molecule has 4 N–H and O–H groups in total. The molecule has 7 heteroatoms. The molecule has 7 nitrogen and oxygen atoms in total. The molecule has 1 aliphatic rings. The lowest BCUT2D eigenvalue weighted by molar-refractivity contribution is 0.0879. The Morgan fingerprint density at radius 2 is 1.95 bits per heavy atom. The Balaban J connectivity index is 1.95. The second-order valence-corrected chi connectivity index (χ2v) is 4.17. The third-order valence-corrected chi connectivity index (χ3v) is 2.86. The molecule has 0 aliphatic carbocycles. The summed E-state index contributed by atoms with van der Waals surface area (Å²) < 4.78 is 4.98. The number of furan rings is 1. The van der Waals surface area contributed by atoms with Crippen LogP contribution in [0.2, 0.25) is 0 Å². The normalized spacial score (nSPS) is 13.0. The Hall–Kier alpha value is -3.09. The van der Waals surface area contributed by atoms with Gasteiger partial charge in [-0.05, 0) is 18.2 Å². The fraction of sp³-hybridized carbons (Fsp3) is 0. The first-order valence-electron chi connectivity index (χ1n) is 5.71. The standard InChI is InChI=1S/C13H9N3O4/c14-9-5-4-8(20-9)12(18)15-7-3-1-2-6-10(7)13(19)16-11(6)17/h1-5H,14H2,(H,15,18)(H,16,17,19). The highest BCUT2D eigenvalue weighted by Gasteiger charge is 2.30. The molecule has 3 rings (SSSR count). The molecular formula is C13H9N3O4. The summed E-state index contributed by atoms with van der Waals surface area (Å²) in [6.45, 7) is 0. The summed E-state index contributed by atoms with van der Waals surface area (Å²) in [6.07, 6.45) is 0. The zero-order valence-electron chi connectivity index (χ0n) is 10.1. The van der Waals surface area contributed by atoms with Gasteiger partial charge in [-0.2, -0.15) is 0 Å². The monoisotopic (exact) mass is 271 g/mol. The van der Waals surface area contributed by atoms with Crippen LogP contribution in [-0.4, -0.2) is 17.7 Å². The molecule has 0 spiro atoms. The van der Waals surface area contributed by atoms with E-state index in [0.29, 0.717) is 0 Å². The van der Waals surface area contributed by atoms with E-state index in [-0.39, 0.29) is 28.5 Å². The van der Waals surface area contributed by atoms with Gasteiger partial charge in [-0.3, -0.25) is 19.7 Å². The highest BCUT2D eigenvalue weighted by molar-refractivity contribution is 6.24. The lowest BCUT2D eigenvalue weighted by atomic mass is 10.1. The molecule has 0 atom stereocenters. The Morgan fingerprint density at radius 1 is 1.15 bits per heavy atom. The average Bonchev–Trinajstić information content (AvgIpc) is 2.96. The Bertz CT molecular complexity index is 748. The first-order valence-corrected chi connectivity index (χ1v) is 5.71. The number of benzene rings is 1. The Morgan fingerprint density at radius 3 is 2.65 bits per heavy atom. The number of nitrogens with one attached hydrogen (secondary N) is 2. The van der Waals surface area contributed by atoms with Crippen molar-refractivity contribution >= 4 is 29.3 Å². The van der Waals surface area contributed by atoms with Crippen LogP contribution in [0.25, 0.3) is 0 Å². The van der Waals surface area contributed by atoms with Gasteiger partial charge in [0, 0.05) is 6.07 Å². The molecule has 1 aromatic carbocycles. The molecule has 0 unspecified atom stereocenters. The molecule has 0 saturated heterocycles. The van der Waals surface area contributed by atoms with Gasteiger partial charge in [0.05, 0.1) is 16.8 Å². The fourth-order valence-electron chi connectivity index (χ4n) is 1.98. The first-order chi connectivity index (χ1) is 9.56. The van der Waals surface area contributed by atoms with Crippen LogP contribution in [0.1, 0.15) is 31.3 Å². The molecule has 2 aromatic rings. The molecule has 2 heterocycles. The van der Waals surface area contributed by atoms with Crippen LogP contribution in [0.3, 0.4) is 0 Å². The van der Waals surface area contributed by atoms with Crippen LogP contribution in [0.5, 0.6) is 0 Å². The molecule has 3 amide bonds. The SMILES string of the molecule is Nc1ccc(C(=O)Nc2cccc3c2C(=O)NC3=O)o1. The first kappa shape index (κ1) is 12.0. The molecule has 1 aromatic heterocycles. The van der Waals surface area contributed by atoms with Crippen LogP contribution >= 0.6 is 0 Å². The van der Waals surface area contributed by atoms with Crippen LogP contribution in [0, 0.1) is 0 Å². The minimum atomic E-state index is -0.553. The van der Waals surface area contributed by atoms with E-state index in [1.54, 1.807) is 6.07 Å². The molecule has 0 fully saturated rings. The number of nitrogens with two attached hydrogens (primary N) is 1. The second kappa shape index (κ2) is 4.23. The van der Waals surface area contributed by atoms with Gasteiger partial charge in [0.2, 0.25) is 0 Å². The zero-order chi connectivity index (χ0) is 14.3. The van der Waals surface area contributed by atoms with Crippen molar-refractivity contribution in [2.45, 2.75) is 0 Å². The van der Waals surface area contributed by atoms with Gasteiger partial charge in [0.1, 0.15) is 0 Å². The van der Waals surface area contributed by atoms with Crippen molar-refractivity contribution in [3.8, 4) is 0 Å². The summed E-state index contributed by atoms with van der Waals surface area (Å²) in [5, 5.41) is 4.69. The van der Waals surface area contributed by atoms with Gasteiger partial charge >= 0.3 is 0 Å². The molecule has 100 valence electrons. The van der Waals surface area contributed by atoms with Crippen LogP contribution in [0.15, 0.2) is 34.7 Å². The summed E-state index contributed by atoms with van der Waals surface area (Å²) in [6, 6.07) is 7.47. The molecule has 1 aliphatic heterocycles. The van der Waals surface area contributed by atoms with E-state index in [0.717, 1.165) is 0 Å². The molecule has 0 saturated carbocycles. The summed E-state index contributed by atoms with van der Waals surface area (Å²) >= 11 is 0. The minimum absolute atomic E-state index is 0.0184. The number of rotatable bonds is 2. The predicted octanol–water partition coefficient (Wildman–Crippen LogP) is 0.998. The van der Waals surface area contributed by atoms with Crippen LogP contribution < -0.4 is 16.4 Å². The third kappa shape index (κ3) is 1.81. The van der Waals surface area contributed by atoms with Crippen LogP contribution in [0.4, 0.5) is 11.6 Å². The summed E-state index contributed by atoms with van der Waals surface area (Å²) in [5.41, 5.74) is 6.00. The quantitative estimate of drug-likeness (QED) is 0.705. The number of amides is 3. The zero-order valence-corrected chi connectivity index (χ0v) is 10.1. The van der Waals surface area contributed by atoms with Gasteiger partial charge in [-0.1, -0.05) is 6.07 Å². The van der Waals surface area contributed by atoms with Crippen molar-refractivity contribution in [1.29, 1.82) is 0 Å². The second-order valence-electron chi connectivity index (χ2n) is 4.17. The maximum atomic E-state index is 11.9. The van der Waals surface area contributed by atoms with Crippen molar-refractivity contribution in [3.63, 3.8) is 0 Å². The van der Waals surface area contributed by atoms with E-state index < -0.39 is 17.7 Å². The number of hydrogen-bond acceptors (Lipinski definition) is 5. The number of anilines is 2. The predicted molar refractivity (Wildman–Crippen MR) is 69.3 cm³/mol. The lowest BCUT2D eigenvalue weighted by Gasteiger charge is -2.06. The highest BCUT2D eigenvalue weighted by Crippen LogP contribution is 2.25. The Labute approximate surface area is 112 Å². The van der Waals surface area contributed by atoms with Gasteiger partial charge in [0.15, 0.2) is 11.6 Å². The van der Waals surface area contributed by atoms with Gasteiger partial charge in [-0.15, -0.1) is 0 Å². The highest BCUT2D eigenvalue weighted by atomic mass is 16.4. The van der Waals surface area contributed by atoms with Crippen molar-refractivity contribution in [2.75, 3.05) is 11.1 Å². The topological polar surface area (TPSA) is 114 Å². The van der Waals surface area contributed by atoms with Gasteiger partial charge in [0.25, 0.3) is 17.7 Å². The molecule has 0 radical (unpaired) electrons. The van der Waals surface area contributed by atoms with E-state index in [2.05, 4.69) is 10.6 Å². The largest absolute Gasteiger partial charge is 0.436 e. The maximum Gasteiger partial charge on any atom is 0.291 e. The minimum Gasteiger partial charge on any atom is -0.436 e. The van der Waals surface area contributed by atoms with Gasteiger partial charge in [-0.25, -0.2) is 0 Å². The van der Waals surface area contributed by atoms with E-state index in [1.807, 2.05) is 0 Å². The molecular weight excluding hydrogens is 262 g/mol. The van der Waals surface area contributed by atoms with Crippen molar-refractivity contribution in [1.82, 2.24) is 5.32 Å². The average molecular weight is 271 g/mol. The molecule has 0 bridgehead atoms. The molecule has 20 heavy (non-hydrogen) atoms. The number of fused-ring (bicyclic) bond motifs is 1. The lowest BCUT2D eigenvalue weighted by Crippen LogP contribution is -2.20. The van der Waals surface area contributed by atoms with E-state index in [1.165, 1.54) is 24.3 Å². The van der Waals surface area contributed by atoms with Crippen LogP contribution in [-0.2, 0) is 0 Å². The third-order valence-electron chi connectivity index (χ3n) is 2.86.